The Morgan fingerprint density at radius 3 is 2.89 bits per heavy atom. The van der Waals surface area contributed by atoms with Gasteiger partial charge in [-0.15, -0.1) is 0 Å². The van der Waals surface area contributed by atoms with Gasteiger partial charge in [-0.3, -0.25) is 9.48 Å². The summed E-state index contributed by atoms with van der Waals surface area (Å²) in [5.74, 6) is 0.0276. The van der Waals surface area contributed by atoms with E-state index in [2.05, 4.69) is 18.9 Å². The summed E-state index contributed by atoms with van der Waals surface area (Å²) in [5, 5.41) is 4.07. The molecule has 2 heterocycles. The molecule has 1 fully saturated rings. The van der Waals surface area contributed by atoms with Gasteiger partial charge in [0.15, 0.2) is 0 Å². The molecule has 0 aromatic carbocycles. The minimum atomic E-state index is -0.590. The summed E-state index contributed by atoms with van der Waals surface area (Å²) in [6.07, 6.45) is 6.64. The number of likely N-dealkylation sites (tertiary alicyclic amines) is 1. The van der Waals surface area contributed by atoms with Crippen LogP contribution >= 0.6 is 0 Å². The maximum absolute atomic E-state index is 12.5. The highest BCUT2D eigenvalue weighted by atomic mass is 16.2. The molecule has 1 saturated heterocycles. The second-order valence-electron chi connectivity index (χ2n) is 5.16. The topological polar surface area (TPSA) is 64.2 Å². The number of carbonyl (C=O) groups excluding carboxylic acids is 1. The lowest BCUT2D eigenvalue weighted by atomic mass is 10.1. The van der Waals surface area contributed by atoms with Crippen LogP contribution in [0.4, 0.5) is 0 Å². The van der Waals surface area contributed by atoms with Gasteiger partial charge in [-0.25, -0.2) is 0 Å². The predicted octanol–water partition coefficient (Wildman–Crippen LogP) is 1.21. The van der Waals surface area contributed by atoms with Gasteiger partial charge in [0.1, 0.15) is 6.04 Å². The standard InChI is InChI=1S/C13H22N4O/c1-4-11-6-5-9(2)17(11)13(18)12(14)10-7-15-16(3)8-10/h7-9,11-12H,4-6,14H2,1-3H3. The van der Waals surface area contributed by atoms with E-state index in [1.54, 1.807) is 10.9 Å². The largest absolute Gasteiger partial charge is 0.335 e. The van der Waals surface area contributed by atoms with Gasteiger partial charge < -0.3 is 10.6 Å². The molecule has 0 saturated carbocycles. The number of amides is 1. The second-order valence-corrected chi connectivity index (χ2v) is 5.16. The number of nitrogens with zero attached hydrogens (tertiary/aromatic N) is 3. The lowest BCUT2D eigenvalue weighted by molar-refractivity contribution is -0.135. The maximum Gasteiger partial charge on any atom is 0.244 e. The van der Waals surface area contributed by atoms with E-state index >= 15 is 0 Å². The average Bonchev–Trinajstić information content (AvgIpc) is 2.93. The lowest BCUT2D eigenvalue weighted by Gasteiger charge is -2.30. The highest BCUT2D eigenvalue weighted by Crippen LogP contribution is 2.28. The van der Waals surface area contributed by atoms with Crippen LogP contribution in [0.2, 0.25) is 0 Å². The molecule has 0 aliphatic carbocycles. The molecule has 5 nitrogen and oxygen atoms in total. The smallest absolute Gasteiger partial charge is 0.244 e. The molecule has 0 radical (unpaired) electrons. The van der Waals surface area contributed by atoms with E-state index in [-0.39, 0.29) is 5.91 Å². The van der Waals surface area contributed by atoms with E-state index in [0.717, 1.165) is 24.8 Å². The zero-order chi connectivity index (χ0) is 13.3. The molecular weight excluding hydrogens is 228 g/mol. The minimum absolute atomic E-state index is 0.0276. The Kier molecular flexibility index (Phi) is 3.71. The van der Waals surface area contributed by atoms with Crippen molar-refractivity contribution in [2.24, 2.45) is 12.8 Å². The molecule has 18 heavy (non-hydrogen) atoms. The van der Waals surface area contributed by atoms with Crippen LogP contribution in [-0.2, 0) is 11.8 Å². The van der Waals surface area contributed by atoms with Crippen molar-refractivity contribution in [2.45, 2.75) is 51.2 Å². The number of hydrogen-bond donors (Lipinski definition) is 1. The fraction of sp³-hybridized carbons (Fsp3) is 0.692. The van der Waals surface area contributed by atoms with E-state index in [9.17, 15) is 4.79 Å². The summed E-state index contributed by atoms with van der Waals surface area (Å²) >= 11 is 0. The third kappa shape index (κ3) is 2.27. The van der Waals surface area contributed by atoms with Crippen molar-refractivity contribution in [3.8, 4) is 0 Å². The van der Waals surface area contributed by atoms with Gasteiger partial charge in [0.25, 0.3) is 0 Å². The van der Waals surface area contributed by atoms with E-state index in [0.29, 0.717) is 12.1 Å². The van der Waals surface area contributed by atoms with Crippen LogP contribution in [0.5, 0.6) is 0 Å². The molecule has 1 amide bonds. The number of hydrogen-bond acceptors (Lipinski definition) is 3. The number of carbonyl (C=O) groups is 1. The zero-order valence-electron chi connectivity index (χ0n) is 11.3. The Morgan fingerprint density at radius 1 is 1.61 bits per heavy atom. The van der Waals surface area contributed by atoms with Gasteiger partial charge in [-0.05, 0) is 26.2 Å². The summed E-state index contributed by atoms with van der Waals surface area (Å²) < 4.78 is 1.67. The highest BCUT2D eigenvalue weighted by Gasteiger charge is 2.36. The van der Waals surface area contributed by atoms with Crippen molar-refractivity contribution >= 4 is 5.91 Å². The summed E-state index contributed by atoms with van der Waals surface area (Å²) in [4.78, 5) is 14.5. The molecule has 0 bridgehead atoms. The quantitative estimate of drug-likeness (QED) is 0.877. The van der Waals surface area contributed by atoms with Crippen LogP contribution in [0, 0.1) is 0 Å². The summed E-state index contributed by atoms with van der Waals surface area (Å²) in [6, 6.07) is 0.0497. The van der Waals surface area contributed by atoms with Crippen LogP contribution < -0.4 is 5.73 Å². The van der Waals surface area contributed by atoms with Crippen LogP contribution in [0.3, 0.4) is 0 Å². The molecule has 1 aliphatic heterocycles. The third-order valence-electron chi connectivity index (χ3n) is 3.86. The summed E-state index contributed by atoms with van der Waals surface area (Å²) in [6.45, 7) is 4.22. The Balaban J connectivity index is 2.15. The third-order valence-corrected chi connectivity index (χ3v) is 3.86. The molecule has 2 rings (SSSR count). The van der Waals surface area contributed by atoms with Gasteiger partial charge >= 0.3 is 0 Å². The Labute approximate surface area is 108 Å². The van der Waals surface area contributed by atoms with Crippen LogP contribution in [0.25, 0.3) is 0 Å². The van der Waals surface area contributed by atoms with Crippen molar-refractivity contribution in [3.05, 3.63) is 18.0 Å². The maximum atomic E-state index is 12.5. The Hall–Kier alpha value is -1.36. The summed E-state index contributed by atoms with van der Waals surface area (Å²) in [5.41, 5.74) is 6.85. The number of aromatic nitrogens is 2. The van der Waals surface area contributed by atoms with E-state index in [1.165, 1.54) is 0 Å². The number of rotatable bonds is 3. The first kappa shape index (κ1) is 13.1. The molecular formula is C13H22N4O. The Morgan fingerprint density at radius 2 is 2.33 bits per heavy atom. The van der Waals surface area contributed by atoms with Crippen molar-refractivity contribution in [1.29, 1.82) is 0 Å². The minimum Gasteiger partial charge on any atom is -0.335 e. The molecule has 0 spiro atoms. The van der Waals surface area contributed by atoms with Crippen LogP contribution in [0.15, 0.2) is 12.4 Å². The van der Waals surface area contributed by atoms with Gasteiger partial charge in [0, 0.05) is 30.9 Å². The molecule has 100 valence electrons. The SMILES string of the molecule is CCC1CCC(C)N1C(=O)C(N)c1cnn(C)c1. The normalized spacial score (nSPS) is 25.4. The number of nitrogens with two attached hydrogens (primary N) is 1. The molecule has 1 aliphatic rings. The van der Waals surface area contributed by atoms with Gasteiger partial charge in [-0.2, -0.15) is 5.10 Å². The van der Waals surface area contributed by atoms with E-state index in [4.69, 9.17) is 5.73 Å². The Bertz CT molecular complexity index is 428. The van der Waals surface area contributed by atoms with Crippen molar-refractivity contribution in [3.63, 3.8) is 0 Å². The second kappa shape index (κ2) is 5.10. The average molecular weight is 250 g/mol. The van der Waals surface area contributed by atoms with Crippen LogP contribution in [-0.4, -0.2) is 32.7 Å². The first-order chi connectivity index (χ1) is 8.54. The molecule has 2 N–H and O–H groups in total. The van der Waals surface area contributed by atoms with Crippen molar-refractivity contribution < 1.29 is 4.79 Å². The van der Waals surface area contributed by atoms with Crippen LogP contribution in [0.1, 0.15) is 44.7 Å². The highest BCUT2D eigenvalue weighted by molar-refractivity contribution is 5.83. The molecule has 5 heteroatoms. The first-order valence-corrected chi connectivity index (χ1v) is 6.60. The van der Waals surface area contributed by atoms with Gasteiger partial charge in [-0.1, -0.05) is 6.92 Å². The predicted molar refractivity (Wildman–Crippen MR) is 69.8 cm³/mol. The molecule has 3 atom stereocenters. The molecule has 1 aromatic rings. The van der Waals surface area contributed by atoms with Gasteiger partial charge in [0.2, 0.25) is 5.91 Å². The zero-order valence-corrected chi connectivity index (χ0v) is 11.3. The monoisotopic (exact) mass is 250 g/mol. The van der Waals surface area contributed by atoms with E-state index < -0.39 is 6.04 Å². The fourth-order valence-electron chi connectivity index (χ4n) is 2.77. The van der Waals surface area contributed by atoms with Crippen molar-refractivity contribution in [2.75, 3.05) is 0 Å². The fourth-order valence-corrected chi connectivity index (χ4v) is 2.77. The van der Waals surface area contributed by atoms with Gasteiger partial charge in [0.05, 0.1) is 6.20 Å². The first-order valence-electron chi connectivity index (χ1n) is 6.60. The molecule has 3 unspecified atom stereocenters. The summed E-state index contributed by atoms with van der Waals surface area (Å²) in [7, 11) is 1.83. The number of aryl methyl sites for hydroxylation is 1. The van der Waals surface area contributed by atoms with Crippen molar-refractivity contribution in [1.82, 2.24) is 14.7 Å². The lowest BCUT2D eigenvalue weighted by Crippen LogP contribution is -2.44. The van der Waals surface area contributed by atoms with E-state index in [1.807, 2.05) is 18.1 Å². The molecule has 1 aromatic heterocycles.